The highest BCUT2D eigenvalue weighted by molar-refractivity contribution is 14.1. The SMILES string of the molecule is Cc1cc(Oc2ccc(Oc3ccc(Oc4ccc(I)c(I)c4)cc3)cc2)ccc1N. The van der Waals surface area contributed by atoms with E-state index in [1.807, 2.05) is 91.9 Å². The van der Waals surface area contributed by atoms with Crippen LogP contribution in [0, 0.1) is 14.1 Å². The molecule has 0 fully saturated rings. The van der Waals surface area contributed by atoms with Crippen molar-refractivity contribution in [3.63, 3.8) is 0 Å². The molecular weight excluding hydrogens is 616 g/mol. The van der Waals surface area contributed by atoms with Crippen LogP contribution in [0.5, 0.6) is 34.5 Å². The van der Waals surface area contributed by atoms with E-state index in [4.69, 9.17) is 19.9 Å². The van der Waals surface area contributed by atoms with Crippen LogP contribution in [0.3, 0.4) is 0 Å². The van der Waals surface area contributed by atoms with Crippen LogP contribution in [0.2, 0.25) is 0 Å². The lowest BCUT2D eigenvalue weighted by Crippen LogP contribution is -1.91. The van der Waals surface area contributed by atoms with Crippen molar-refractivity contribution in [2.75, 3.05) is 5.73 Å². The molecule has 156 valence electrons. The summed E-state index contributed by atoms with van der Waals surface area (Å²) in [5.74, 6) is 4.50. The second kappa shape index (κ2) is 9.78. The van der Waals surface area contributed by atoms with Gasteiger partial charge in [-0.25, -0.2) is 0 Å². The van der Waals surface area contributed by atoms with Gasteiger partial charge in [0.15, 0.2) is 0 Å². The fourth-order valence-corrected chi connectivity index (χ4v) is 3.63. The quantitative estimate of drug-likeness (QED) is 0.172. The first kappa shape index (κ1) is 21.8. The third kappa shape index (κ3) is 5.82. The van der Waals surface area contributed by atoms with Crippen LogP contribution < -0.4 is 19.9 Å². The Morgan fingerprint density at radius 1 is 0.516 bits per heavy atom. The molecule has 0 bridgehead atoms. The molecule has 4 aromatic rings. The minimum absolute atomic E-state index is 0.724. The van der Waals surface area contributed by atoms with E-state index in [2.05, 4.69) is 45.2 Å². The van der Waals surface area contributed by atoms with Crippen molar-refractivity contribution in [2.24, 2.45) is 0 Å². The Balaban J connectivity index is 1.37. The molecule has 0 aromatic heterocycles. The number of nitrogens with two attached hydrogens (primary N) is 1. The standard InChI is InChI=1S/C25H19I2NO3/c1-16-14-21(11-13-25(16)28)30-19-6-2-17(3-7-19)29-18-4-8-20(9-5-18)31-22-10-12-23(26)24(27)15-22/h2-15H,28H2,1H3. The van der Waals surface area contributed by atoms with Crippen molar-refractivity contribution < 1.29 is 14.2 Å². The molecule has 0 heterocycles. The minimum Gasteiger partial charge on any atom is -0.457 e. The maximum absolute atomic E-state index is 5.93. The zero-order valence-corrected chi connectivity index (χ0v) is 21.0. The monoisotopic (exact) mass is 635 g/mol. The van der Waals surface area contributed by atoms with Gasteiger partial charge < -0.3 is 19.9 Å². The number of aryl methyl sites for hydroxylation is 1. The second-order valence-electron chi connectivity index (χ2n) is 6.84. The summed E-state index contributed by atoms with van der Waals surface area (Å²) in [6.45, 7) is 1.95. The highest BCUT2D eigenvalue weighted by atomic mass is 127. The van der Waals surface area contributed by atoms with Crippen LogP contribution in [0.1, 0.15) is 5.56 Å². The van der Waals surface area contributed by atoms with Crippen molar-refractivity contribution in [2.45, 2.75) is 6.92 Å². The molecule has 0 spiro atoms. The highest BCUT2D eigenvalue weighted by Gasteiger charge is 2.04. The highest BCUT2D eigenvalue weighted by Crippen LogP contribution is 2.30. The first-order valence-corrected chi connectivity index (χ1v) is 11.7. The van der Waals surface area contributed by atoms with Crippen LogP contribution in [0.15, 0.2) is 84.9 Å². The third-order valence-electron chi connectivity index (χ3n) is 4.49. The molecule has 0 aliphatic carbocycles. The van der Waals surface area contributed by atoms with Crippen molar-refractivity contribution in [3.05, 3.63) is 97.6 Å². The van der Waals surface area contributed by atoms with Crippen molar-refractivity contribution in [3.8, 4) is 34.5 Å². The molecule has 0 unspecified atom stereocenters. The third-order valence-corrected chi connectivity index (χ3v) is 7.35. The first-order valence-electron chi connectivity index (χ1n) is 9.51. The summed E-state index contributed by atoms with van der Waals surface area (Å²) < 4.78 is 20.1. The van der Waals surface area contributed by atoms with E-state index in [1.165, 1.54) is 3.57 Å². The van der Waals surface area contributed by atoms with Gasteiger partial charge in [-0.1, -0.05) is 0 Å². The first-order chi connectivity index (χ1) is 15.0. The molecule has 2 N–H and O–H groups in total. The zero-order valence-electron chi connectivity index (χ0n) is 16.6. The van der Waals surface area contributed by atoms with E-state index in [0.29, 0.717) is 0 Å². The summed E-state index contributed by atoms with van der Waals surface area (Å²) in [7, 11) is 0. The van der Waals surface area contributed by atoms with Crippen molar-refractivity contribution in [1.29, 1.82) is 0 Å². The Morgan fingerprint density at radius 3 is 1.35 bits per heavy atom. The molecule has 4 aromatic carbocycles. The van der Waals surface area contributed by atoms with Gasteiger partial charge in [0.2, 0.25) is 0 Å². The molecule has 4 nitrogen and oxygen atoms in total. The van der Waals surface area contributed by atoms with E-state index < -0.39 is 0 Å². The number of nitrogen functional groups attached to an aromatic ring is 1. The molecule has 0 atom stereocenters. The Labute approximate surface area is 208 Å². The smallest absolute Gasteiger partial charge is 0.128 e. The average molecular weight is 635 g/mol. The second-order valence-corrected chi connectivity index (χ2v) is 9.17. The molecule has 0 saturated heterocycles. The van der Waals surface area contributed by atoms with Crippen LogP contribution in [0.25, 0.3) is 0 Å². The molecule has 0 radical (unpaired) electrons. The molecular formula is C25H19I2NO3. The summed E-state index contributed by atoms with van der Waals surface area (Å²) in [5.41, 5.74) is 7.59. The van der Waals surface area contributed by atoms with Gasteiger partial charge in [0.1, 0.15) is 34.5 Å². The largest absolute Gasteiger partial charge is 0.457 e. The minimum atomic E-state index is 0.724. The van der Waals surface area contributed by atoms with Crippen molar-refractivity contribution >= 4 is 50.9 Å². The van der Waals surface area contributed by atoms with E-state index in [1.54, 1.807) is 0 Å². The molecule has 0 aliphatic heterocycles. The van der Waals surface area contributed by atoms with Gasteiger partial charge in [0, 0.05) is 12.8 Å². The molecule has 31 heavy (non-hydrogen) atoms. The molecule has 6 heteroatoms. The lowest BCUT2D eigenvalue weighted by molar-refractivity contribution is 0.464. The maximum Gasteiger partial charge on any atom is 0.128 e. The fourth-order valence-electron chi connectivity index (χ4n) is 2.81. The Kier molecular flexibility index (Phi) is 6.86. The Morgan fingerprint density at radius 2 is 0.903 bits per heavy atom. The zero-order chi connectivity index (χ0) is 21.8. The van der Waals surface area contributed by atoms with E-state index in [-0.39, 0.29) is 0 Å². The number of ether oxygens (including phenoxy) is 3. The number of rotatable bonds is 6. The summed E-state index contributed by atoms with van der Waals surface area (Å²) in [6.07, 6.45) is 0. The Hall–Kier alpha value is -2.46. The van der Waals surface area contributed by atoms with Gasteiger partial charge in [0.25, 0.3) is 0 Å². The number of anilines is 1. The van der Waals surface area contributed by atoms with E-state index in [0.717, 1.165) is 49.3 Å². The molecule has 0 aliphatic rings. The predicted molar refractivity (Wildman–Crippen MR) is 141 cm³/mol. The Bertz CT molecular complexity index is 1100. The van der Waals surface area contributed by atoms with Crippen molar-refractivity contribution in [1.82, 2.24) is 0 Å². The lowest BCUT2D eigenvalue weighted by Gasteiger charge is -2.10. The summed E-state index contributed by atoms with van der Waals surface area (Å²) in [4.78, 5) is 0. The van der Waals surface area contributed by atoms with E-state index >= 15 is 0 Å². The normalized spacial score (nSPS) is 10.5. The lowest BCUT2D eigenvalue weighted by atomic mass is 10.2. The molecule has 0 amide bonds. The van der Waals surface area contributed by atoms with Crippen LogP contribution in [0.4, 0.5) is 5.69 Å². The molecule has 4 rings (SSSR count). The topological polar surface area (TPSA) is 53.7 Å². The number of benzene rings is 4. The van der Waals surface area contributed by atoms with Crippen LogP contribution >= 0.6 is 45.2 Å². The van der Waals surface area contributed by atoms with Gasteiger partial charge in [-0.2, -0.15) is 0 Å². The van der Waals surface area contributed by atoms with Gasteiger partial charge in [-0.3, -0.25) is 0 Å². The number of hydrogen-bond acceptors (Lipinski definition) is 4. The number of halogens is 2. The molecule has 0 saturated carbocycles. The van der Waals surface area contributed by atoms with Gasteiger partial charge in [-0.05, 0) is 143 Å². The average Bonchev–Trinajstić information content (AvgIpc) is 2.76. The van der Waals surface area contributed by atoms with Gasteiger partial charge in [-0.15, -0.1) is 0 Å². The van der Waals surface area contributed by atoms with Crippen LogP contribution in [-0.2, 0) is 0 Å². The van der Waals surface area contributed by atoms with Crippen LogP contribution in [-0.4, -0.2) is 0 Å². The van der Waals surface area contributed by atoms with Gasteiger partial charge >= 0.3 is 0 Å². The van der Waals surface area contributed by atoms with Gasteiger partial charge in [0.05, 0.1) is 0 Å². The summed E-state index contributed by atoms with van der Waals surface area (Å²) in [5, 5.41) is 0. The number of hydrogen-bond donors (Lipinski definition) is 1. The summed E-state index contributed by atoms with van der Waals surface area (Å²) >= 11 is 4.60. The predicted octanol–water partition coefficient (Wildman–Crippen LogP) is 8.16. The van der Waals surface area contributed by atoms with E-state index in [9.17, 15) is 0 Å². The fraction of sp³-hybridized carbons (Fsp3) is 0.0400. The summed E-state index contributed by atoms with van der Waals surface area (Å²) in [6, 6.07) is 26.7. The maximum atomic E-state index is 5.93.